The van der Waals surface area contributed by atoms with Gasteiger partial charge in [0, 0.05) is 56.9 Å². The van der Waals surface area contributed by atoms with E-state index in [9.17, 15) is 19.2 Å². The van der Waals surface area contributed by atoms with Crippen molar-refractivity contribution in [2.75, 3.05) is 65.0 Å². The van der Waals surface area contributed by atoms with Gasteiger partial charge in [-0.3, -0.25) is 14.3 Å². The largest absolute Gasteiger partial charge is 0.382 e. The van der Waals surface area contributed by atoms with Gasteiger partial charge >= 0.3 is 0 Å². The van der Waals surface area contributed by atoms with Gasteiger partial charge in [0.25, 0.3) is 5.91 Å². The minimum atomic E-state index is -0.762. The summed E-state index contributed by atoms with van der Waals surface area (Å²) in [5, 5.41) is 3.14. The number of piperidine rings is 1. The number of nitrogens with two attached hydrogens (primary N) is 1. The summed E-state index contributed by atoms with van der Waals surface area (Å²) in [6.07, 6.45) is 4.32. The first kappa shape index (κ1) is 31.7. The molecular weight excluding hydrogens is 510 g/mol. The highest BCUT2D eigenvalue weighted by Crippen LogP contribution is 2.22. The lowest BCUT2D eigenvalue weighted by molar-refractivity contribution is -0.112. The summed E-state index contributed by atoms with van der Waals surface area (Å²) in [7, 11) is 1.24. The molecule has 1 aromatic rings. The zero-order valence-electron chi connectivity index (χ0n) is 22.1. The van der Waals surface area contributed by atoms with E-state index in [1.54, 1.807) is 18.2 Å². The van der Waals surface area contributed by atoms with E-state index in [0.717, 1.165) is 25.9 Å². The fourth-order valence-electron chi connectivity index (χ4n) is 3.97. The Labute approximate surface area is 227 Å². The first-order valence-corrected chi connectivity index (χ1v) is 14.2. The second-order valence-electron chi connectivity index (χ2n) is 8.93. The van der Waals surface area contributed by atoms with E-state index in [2.05, 4.69) is 20.2 Å². The number of rotatable bonds is 19. The Morgan fingerprint density at radius 3 is 2.50 bits per heavy atom. The summed E-state index contributed by atoms with van der Waals surface area (Å²) >= 11 is 0. The Kier molecular flexibility index (Phi) is 15.0. The molecule has 1 heterocycles. The van der Waals surface area contributed by atoms with Crippen molar-refractivity contribution in [3.8, 4) is 0 Å². The molecule has 0 aliphatic carbocycles. The van der Waals surface area contributed by atoms with Gasteiger partial charge in [0.05, 0.1) is 38.0 Å². The number of anilines is 1. The SMILES string of the molecule is C=S(NCCOCCOCCNc1cccc(C=O)c1C(=O)N(C)C(C=O)CCC=O)N1CCC(N)CC1. The molecule has 1 aliphatic rings. The van der Waals surface area contributed by atoms with Gasteiger partial charge in [0.15, 0.2) is 6.29 Å². The number of nitrogens with zero attached hydrogens (tertiary/aromatic N) is 2. The monoisotopic (exact) mass is 551 g/mol. The van der Waals surface area contributed by atoms with E-state index in [4.69, 9.17) is 15.2 Å². The molecule has 2 atom stereocenters. The van der Waals surface area contributed by atoms with Crippen LogP contribution in [-0.2, 0) is 19.1 Å². The van der Waals surface area contributed by atoms with E-state index in [1.165, 1.54) is 11.9 Å². The van der Waals surface area contributed by atoms with Crippen molar-refractivity contribution in [3.63, 3.8) is 0 Å². The molecular formula is C26H41N5O6S. The zero-order chi connectivity index (χ0) is 27.8. The molecule has 0 bridgehead atoms. The zero-order valence-corrected chi connectivity index (χ0v) is 23.0. The molecule has 1 aromatic carbocycles. The lowest BCUT2D eigenvalue weighted by atomic mass is 10.0. The molecule has 38 heavy (non-hydrogen) atoms. The van der Waals surface area contributed by atoms with Gasteiger partial charge < -0.3 is 35.0 Å². The van der Waals surface area contributed by atoms with Gasteiger partial charge in [-0.15, -0.1) is 0 Å². The Morgan fingerprint density at radius 1 is 1.18 bits per heavy atom. The van der Waals surface area contributed by atoms with Crippen LogP contribution < -0.4 is 15.8 Å². The summed E-state index contributed by atoms with van der Waals surface area (Å²) < 4.78 is 16.9. The van der Waals surface area contributed by atoms with Crippen molar-refractivity contribution >= 4 is 47.2 Å². The quantitative estimate of drug-likeness (QED) is 0.130. The number of aldehydes is 3. The molecule has 2 unspecified atom stereocenters. The van der Waals surface area contributed by atoms with Crippen molar-refractivity contribution in [2.45, 2.75) is 37.8 Å². The van der Waals surface area contributed by atoms with E-state index in [-0.39, 0.29) is 34.8 Å². The van der Waals surface area contributed by atoms with Crippen molar-refractivity contribution < 1.29 is 28.7 Å². The van der Waals surface area contributed by atoms with Gasteiger partial charge in [-0.05, 0) is 31.2 Å². The molecule has 11 nitrogen and oxygen atoms in total. The minimum Gasteiger partial charge on any atom is -0.382 e. The van der Waals surface area contributed by atoms with Crippen molar-refractivity contribution in [3.05, 3.63) is 29.3 Å². The average molecular weight is 552 g/mol. The summed E-state index contributed by atoms with van der Waals surface area (Å²) in [5.41, 5.74) is 6.80. The molecule has 0 aromatic heterocycles. The fraction of sp³-hybridized carbons (Fsp3) is 0.577. The van der Waals surface area contributed by atoms with Crippen LogP contribution >= 0.6 is 10.9 Å². The van der Waals surface area contributed by atoms with E-state index >= 15 is 0 Å². The van der Waals surface area contributed by atoms with Crippen LogP contribution in [0.4, 0.5) is 5.69 Å². The highest BCUT2D eigenvalue weighted by atomic mass is 32.2. The molecule has 0 radical (unpaired) electrons. The molecule has 1 aliphatic heterocycles. The van der Waals surface area contributed by atoms with Crippen LogP contribution in [0.15, 0.2) is 18.2 Å². The summed E-state index contributed by atoms with van der Waals surface area (Å²) in [5.74, 6) is 3.71. The predicted molar refractivity (Wildman–Crippen MR) is 151 cm³/mol. The second kappa shape index (κ2) is 17.9. The molecule has 212 valence electrons. The van der Waals surface area contributed by atoms with Crippen molar-refractivity contribution in [1.29, 1.82) is 0 Å². The standard InChI is InChI=1S/C26H41N5O6S/c1-30(23(20-34)6-4-14-32)26(35)25-21(19-33)5-3-7-24(25)28-10-15-36-17-18-37-16-11-29-38(2)31-12-8-22(27)9-13-31/h3,5,7,14,19-20,22-23,28-29H,2,4,6,8-13,15-18,27H2,1H3. The maximum atomic E-state index is 13.1. The number of likely N-dealkylation sites (N-methyl/N-ethyl adjacent to an activating group) is 1. The number of carbonyl (C=O) groups is 4. The van der Waals surface area contributed by atoms with Crippen molar-refractivity contribution in [2.24, 2.45) is 5.73 Å². The maximum absolute atomic E-state index is 13.1. The lowest BCUT2D eigenvalue weighted by Crippen LogP contribution is -2.39. The highest BCUT2D eigenvalue weighted by Gasteiger charge is 2.25. The number of carbonyl (C=O) groups excluding carboxylic acids is 4. The van der Waals surface area contributed by atoms with Crippen LogP contribution in [0.3, 0.4) is 0 Å². The molecule has 1 saturated heterocycles. The Bertz CT molecular complexity index is 925. The lowest BCUT2D eigenvalue weighted by Gasteiger charge is -2.32. The van der Waals surface area contributed by atoms with Crippen LogP contribution in [0.25, 0.3) is 0 Å². The first-order chi connectivity index (χ1) is 18.4. The van der Waals surface area contributed by atoms with Gasteiger partial charge in [0.2, 0.25) is 0 Å². The topological polar surface area (TPSA) is 143 Å². The normalized spacial score (nSPS) is 15.9. The van der Waals surface area contributed by atoms with Crippen LogP contribution in [0.2, 0.25) is 0 Å². The summed E-state index contributed by atoms with van der Waals surface area (Å²) in [6, 6.07) is 4.45. The van der Waals surface area contributed by atoms with Crippen LogP contribution in [0.1, 0.15) is 46.4 Å². The van der Waals surface area contributed by atoms with Gasteiger partial charge in [-0.2, -0.15) is 0 Å². The number of hydrogen-bond donors (Lipinski definition) is 3. The molecule has 2 rings (SSSR count). The second-order valence-corrected chi connectivity index (χ2v) is 10.5. The van der Waals surface area contributed by atoms with Gasteiger partial charge in [-0.25, -0.2) is 4.31 Å². The number of ether oxygens (including phenoxy) is 2. The van der Waals surface area contributed by atoms with E-state index in [0.29, 0.717) is 70.1 Å². The third-order valence-electron chi connectivity index (χ3n) is 6.25. The van der Waals surface area contributed by atoms with Gasteiger partial charge in [-0.1, -0.05) is 23.0 Å². The highest BCUT2D eigenvalue weighted by molar-refractivity contribution is 8.10. The van der Waals surface area contributed by atoms with Crippen LogP contribution in [0, 0.1) is 0 Å². The minimum absolute atomic E-state index is 0.157. The maximum Gasteiger partial charge on any atom is 0.257 e. The number of hydrogen-bond acceptors (Lipinski definition) is 10. The molecule has 4 N–H and O–H groups in total. The number of amides is 1. The smallest absolute Gasteiger partial charge is 0.257 e. The first-order valence-electron chi connectivity index (χ1n) is 12.8. The Balaban J connectivity index is 1.70. The number of nitrogens with one attached hydrogen (secondary N) is 2. The van der Waals surface area contributed by atoms with Crippen molar-refractivity contribution in [1.82, 2.24) is 13.9 Å². The number of benzene rings is 1. The predicted octanol–water partition coefficient (Wildman–Crippen LogP) is 1.11. The van der Waals surface area contributed by atoms with Crippen LogP contribution in [0.5, 0.6) is 0 Å². The Hall–Kier alpha value is -2.48. The van der Waals surface area contributed by atoms with Gasteiger partial charge in [0.1, 0.15) is 12.6 Å². The van der Waals surface area contributed by atoms with E-state index in [1.807, 2.05) is 0 Å². The molecule has 12 heteroatoms. The molecule has 1 amide bonds. The molecule has 0 saturated carbocycles. The van der Waals surface area contributed by atoms with Crippen LogP contribution in [-0.4, -0.2) is 112 Å². The summed E-state index contributed by atoms with van der Waals surface area (Å²) in [6.45, 7) is 4.84. The fourth-order valence-corrected chi connectivity index (χ4v) is 5.13. The Morgan fingerprint density at radius 2 is 1.87 bits per heavy atom. The molecule has 1 fully saturated rings. The van der Waals surface area contributed by atoms with E-state index < -0.39 is 11.9 Å². The summed E-state index contributed by atoms with van der Waals surface area (Å²) in [4.78, 5) is 48.1. The molecule has 0 spiro atoms. The average Bonchev–Trinajstić information content (AvgIpc) is 2.93. The third-order valence-corrected chi connectivity index (χ3v) is 7.78. The third kappa shape index (κ3) is 10.4.